The molecule has 1 amide bonds. The maximum absolute atomic E-state index is 12.0. The molecular formula is C28H36N4O4. The summed E-state index contributed by atoms with van der Waals surface area (Å²) in [5, 5.41) is 13.5. The highest BCUT2D eigenvalue weighted by atomic mass is 16.6. The van der Waals surface area contributed by atoms with Gasteiger partial charge in [-0.05, 0) is 63.8 Å². The van der Waals surface area contributed by atoms with E-state index in [0.717, 1.165) is 72.5 Å². The average Bonchev–Trinajstić information content (AvgIpc) is 3.33. The van der Waals surface area contributed by atoms with E-state index in [2.05, 4.69) is 26.9 Å². The number of nitrogens with two attached hydrogens (primary N) is 1. The number of ether oxygens (including phenoxy) is 2. The van der Waals surface area contributed by atoms with E-state index in [0.29, 0.717) is 18.3 Å². The first-order chi connectivity index (χ1) is 17.4. The van der Waals surface area contributed by atoms with E-state index in [9.17, 15) is 9.90 Å². The minimum absolute atomic E-state index is 0.177. The molecule has 1 saturated heterocycles. The van der Waals surface area contributed by atoms with Crippen molar-refractivity contribution >= 4 is 28.4 Å². The second-order valence-corrected chi connectivity index (χ2v) is 10.1. The van der Waals surface area contributed by atoms with Gasteiger partial charge in [-0.15, -0.1) is 0 Å². The molecule has 5 rings (SSSR count). The van der Waals surface area contributed by atoms with Crippen molar-refractivity contribution in [1.82, 2.24) is 9.47 Å². The number of β-amino-alcohol motifs (C(OH)–C–C–N with tert-alkyl or cyclic N) is 1. The molecule has 3 aromatic rings. The monoisotopic (exact) mass is 492 g/mol. The minimum atomic E-state index is -0.464. The van der Waals surface area contributed by atoms with Gasteiger partial charge in [-0.25, -0.2) is 4.79 Å². The fraction of sp³-hybridized carbons (Fsp3) is 0.464. The molecule has 0 radical (unpaired) electrons. The number of fused-ring (bicyclic) bond motifs is 1. The Bertz CT molecular complexity index is 1220. The van der Waals surface area contributed by atoms with Gasteiger partial charge in [-0.1, -0.05) is 12.1 Å². The third-order valence-corrected chi connectivity index (χ3v) is 7.13. The molecule has 1 aromatic heterocycles. The fourth-order valence-electron chi connectivity index (χ4n) is 5.11. The van der Waals surface area contributed by atoms with E-state index in [1.54, 1.807) is 0 Å². The zero-order chi connectivity index (χ0) is 25.2. The number of carbonyl (C=O) groups excluding carboxylic acids is 1. The molecule has 8 nitrogen and oxygen atoms in total. The van der Waals surface area contributed by atoms with Crippen molar-refractivity contribution in [2.45, 2.75) is 57.8 Å². The summed E-state index contributed by atoms with van der Waals surface area (Å²) in [4.78, 5) is 14.2. The van der Waals surface area contributed by atoms with Crippen molar-refractivity contribution in [1.29, 1.82) is 0 Å². The number of anilines is 2. The summed E-state index contributed by atoms with van der Waals surface area (Å²) in [6.45, 7) is 6.66. The zero-order valence-electron chi connectivity index (χ0n) is 21.1. The molecule has 2 fully saturated rings. The van der Waals surface area contributed by atoms with E-state index in [-0.39, 0.29) is 12.2 Å². The van der Waals surface area contributed by atoms with E-state index >= 15 is 0 Å². The summed E-state index contributed by atoms with van der Waals surface area (Å²) in [5.74, 6) is 0.829. The van der Waals surface area contributed by atoms with Crippen LogP contribution in [0.4, 0.5) is 16.2 Å². The Kier molecular flexibility index (Phi) is 7.07. The van der Waals surface area contributed by atoms with Gasteiger partial charge >= 0.3 is 6.09 Å². The lowest BCUT2D eigenvalue weighted by Gasteiger charge is -2.30. The van der Waals surface area contributed by atoms with Crippen LogP contribution in [0, 0.1) is 0 Å². The minimum Gasteiger partial charge on any atom is -0.492 e. The lowest BCUT2D eigenvalue weighted by molar-refractivity contribution is 0.130. The van der Waals surface area contributed by atoms with Crippen LogP contribution in [0.1, 0.15) is 45.6 Å². The molecule has 0 spiro atoms. The Balaban J connectivity index is 1.39. The van der Waals surface area contributed by atoms with Crippen molar-refractivity contribution in [3.05, 3.63) is 42.5 Å². The molecular weight excluding hydrogens is 456 g/mol. The molecule has 0 bridgehead atoms. The topological polar surface area (TPSA) is 102 Å². The number of aliphatic hydroxyl groups excluding tert-OH is 1. The van der Waals surface area contributed by atoms with Gasteiger partial charge in [0, 0.05) is 48.4 Å². The van der Waals surface area contributed by atoms with Gasteiger partial charge in [0.15, 0.2) is 0 Å². The first kappa shape index (κ1) is 24.5. The van der Waals surface area contributed by atoms with Gasteiger partial charge in [-0.3, -0.25) is 10.2 Å². The molecule has 8 heteroatoms. The quantitative estimate of drug-likeness (QED) is 0.408. The molecule has 2 heterocycles. The average molecular weight is 493 g/mol. The molecule has 1 saturated carbocycles. The Hall–Kier alpha value is -3.23. The van der Waals surface area contributed by atoms with Crippen molar-refractivity contribution < 1.29 is 19.4 Å². The highest BCUT2D eigenvalue weighted by Gasteiger charge is 2.27. The summed E-state index contributed by atoms with van der Waals surface area (Å²) in [6.07, 6.45) is 3.44. The van der Waals surface area contributed by atoms with Crippen LogP contribution in [0.15, 0.2) is 42.5 Å². The molecule has 192 valence electrons. The van der Waals surface area contributed by atoms with Crippen LogP contribution in [0.2, 0.25) is 0 Å². The maximum Gasteiger partial charge on any atom is 0.411 e. The number of nitrogen functional groups attached to an aromatic ring is 1. The van der Waals surface area contributed by atoms with Gasteiger partial charge < -0.3 is 24.9 Å². The number of aromatic nitrogens is 1. The number of carbonyl (C=O) groups is 1. The van der Waals surface area contributed by atoms with Crippen LogP contribution in [-0.2, 0) is 4.74 Å². The lowest BCUT2D eigenvalue weighted by Crippen LogP contribution is -2.27. The first-order valence-electron chi connectivity index (χ1n) is 12.9. The highest BCUT2D eigenvalue weighted by Crippen LogP contribution is 2.45. The van der Waals surface area contributed by atoms with E-state index < -0.39 is 6.09 Å². The predicted octanol–water partition coefficient (Wildman–Crippen LogP) is 5.02. The molecule has 36 heavy (non-hydrogen) atoms. The van der Waals surface area contributed by atoms with Crippen molar-refractivity contribution in [3.63, 3.8) is 0 Å². The van der Waals surface area contributed by atoms with Gasteiger partial charge in [0.25, 0.3) is 0 Å². The van der Waals surface area contributed by atoms with Gasteiger partial charge in [0.05, 0.1) is 29.1 Å². The normalized spacial score (nSPS) is 18.5. The number of rotatable bonds is 8. The number of likely N-dealkylation sites (tertiary alicyclic amines) is 1. The SMILES string of the molecule is CC(C)OC(=O)Nc1ccc(-c2c(N)c3ccc(OCCN4CCC(O)C4)cc3n2C2CCC2)cc1. The maximum atomic E-state index is 12.0. The molecule has 2 aromatic carbocycles. The first-order valence-corrected chi connectivity index (χ1v) is 12.9. The summed E-state index contributed by atoms with van der Waals surface area (Å²) in [7, 11) is 0. The Morgan fingerprint density at radius 1 is 1.17 bits per heavy atom. The summed E-state index contributed by atoms with van der Waals surface area (Å²) < 4.78 is 13.6. The molecule has 1 aliphatic heterocycles. The lowest BCUT2D eigenvalue weighted by atomic mass is 9.92. The van der Waals surface area contributed by atoms with E-state index in [1.807, 2.05) is 44.2 Å². The standard InChI is InChI=1S/C28H36N4O4/c1-18(2)36-28(34)30-20-8-6-19(7-9-20)27-26(29)24-11-10-23(16-25(24)32(27)21-4-3-5-21)35-15-14-31-13-12-22(33)17-31/h6-11,16,18,21-22,33H,3-5,12-15,17,29H2,1-2H3,(H,30,34). The van der Waals surface area contributed by atoms with E-state index in [1.165, 1.54) is 6.42 Å². The van der Waals surface area contributed by atoms with Crippen molar-refractivity contribution in [3.8, 4) is 17.0 Å². The fourth-order valence-corrected chi connectivity index (χ4v) is 5.11. The summed E-state index contributed by atoms with van der Waals surface area (Å²) in [6, 6.07) is 14.3. The van der Waals surface area contributed by atoms with Crippen LogP contribution in [0.3, 0.4) is 0 Å². The Morgan fingerprint density at radius 2 is 1.94 bits per heavy atom. The number of aliphatic hydroxyl groups is 1. The van der Waals surface area contributed by atoms with Crippen LogP contribution in [0.25, 0.3) is 22.2 Å². The molecule has 1 unspecified atom stereocenters. The molecule has 1 atom stereocenters. The number of amides is 1. The summed E-state index contributed by atoms with van der Waals surface area (Å²) in [5.41, 5.74) is 11.3. The summed E-state index contributed by atoms with van der Waals surface area (Å²) >= 11 is 0. The zero-order valence-corrected chi connectivity index (χ0v) is 21.1. The van der Waals surface area contributed by atoms with E-state index in [4.69, 9.17) is 15.2 Å². The van der Waals surface area contributed by atoms with Crippen molar-refractivity contribution in [2.24, 2.45) is 0 Å². The van der Waals surface area contributed by atoms with Crippen molar-refractivity contribution in [2.75, 3.05) is 37.3 Å². The number of nitrogens with zero attached hydrogens (tertiary/aromatic N) is 2. The van der Waals surface area contributed by atoms with Gasteiger partial charge in [0.2, 0.25) is 0 Å². The second-order valence-electron chi connectivity index (χ2n) is 10.1. The van der Waals surface area contributed by atoms with Gasteiger partial charge in [0.1, 0.15) is 12.4 Å². The number of benzene rings is 2. The highest BCUT2D eigenvalue weighted by molar-refractivity contribution is 6.01. The predicted molar refractivity (Wildman–Crippen MR) is 142 cm³/mol. The molecule has 4 N–H and O–H groups in total. The largest absolute Gasteiger partial charge is 0.492 e. The van der Waals surface area contributed by atoms with Crippen LogP contribution < -0.4 is 15.8 Å². The smallest absolute Gasteiger partial charge is 0.411 e. The molecule has 1 aliphatic carbocycles. The third-order valence-electron chi connectivity index (χ3n) is 7.13. The van der Waals surface area contributed by atoms with Crippen LogP contribution in [-0.4, -0.2) is 59.1 Å². The Labute approximate surface area is 212 Å². The number of hydrogen-bond donors (Lipinski definition) is 3. The Morgan fingerprint density at radius 3 is 2.58 bits per heavy atom. The van der Waals surface area contributed by atoms with Crippen LogP contribution in [0.5, 0.6) is 5.75 Å². The third kappa shape index (κ3) is 5.15. The van der Waals surface area contributed by atoms with Gasteiger partial charge in [-0.2, -0.15) is 0 Å². The second kappa shape index (κ2) is 10.4. The van der Waals surface area contributed by atoms with Crippen LogP contribution >= 0.6 is 0 Å². The molecule has 2 aliphatic rings. The number of nitrogens with one attached hydrogen (secondary N) is 1. The number of hydrogen-bond acceptors (Lipinski definition) is 6.